The van der Waals surface area contributed by atoms with E-state index in [9.17, 15) is 26.4 Å². The monoisotopic (exact) mass is 586 g/mol. The first kappa shape index (κ1) is 28.2. The highest BCUT2D eigenvalue weighted by Crippen LogP contribution is 2.39. The van der Waals surface area contributed by atoms with E-state index in [1.54, 1.807) is 12.1 Å². The molecular formula is C29H25F3N2O6S. The maximum Gasteiger partial charge on any atom is 0.314 e. The maximum absolute atomic E-state index is 15.0. The lowest BCUT2D eigenvalue weighted by atomic mass is 9.89. The number of nitrogens with one attached hydrogen (secondary N) is 1. The Bertz CT molecular complexity index is 1730. The molecule has 1 aromatic heterocycles. The Morgan fingerprint density at radius 3 is 2.39 bits per heavy atom. The van der Waals surface area contributed by atoms with Gasteiger partial charge in [-0.3, -0.25) is 14.5 Å². The molecule has 4 aromatic rings. The van der Waals surface area contributed by atoms with E-state index in [2.05, 4.69) is 4.98 Å². The first-order valence-electron chi connectivity index (χ1n) is 12.8. The van der Waals surface area contributed by atoms with Crippen molar-refractivity contribution < 1.29 is 40.6 Å². The third kappa shape index (κ3) is 6.22. The van der Waals surface area contributed by atoms with Crippen LogP contribution in [0.5, 0.6) is 23.0 Å². The zero-order valence-electron chi connectivity index (χ0n) is 21.8. The molecule has 1 aliphatic rings. The fourth-order valence-electron chi connectivity index (χ4n) is 4.65. The fraction of sp³-hybridized carbons (Fsp3) is 0.241. The van der Waals surface area contributed by atoms with E-state index < -0.39 is 32.4 Å². The molecule has 1 saturated carbocycles. The molecule has 0 aliphatic heterocycles. The summed E-state index contributed by atoms with van der Waals surface area (Å²) in [6.07, 6.45) is 6.04. The first-order valence-corrected chi connectivity index (χ1v) is 14.3. The summed E-state index contributed by atoms with van der Waals surface area (Å²) in [6.45, 7) is 0. The van der Waals surface area contributed by atoms with E-state index in [1.165, 1.54) is 31.5 Å². The van der Waals surface area contributed by atoms with Crippen LogP contribution in [0.2, 0.25) is 0 Å². The molecule has 5 rings (SSSR count). The number of fused-ring (bicyclic) bond motifs is 1. The number of methoxy groups -OCH3 is 1. The second kappa shape index (κ2) is 11.7. The SMILES string of the molecule is COc1cc2c(Oc3ccc(NS(=O)(=O)c4cc(F)ccc4F)cc3F)ccnc2cc1OC(=O)C1CCCCC1. The van der Waals surface area contributed by atoms with E-state index in [0.717, 1.165) is 44.2 Å². The first-order chi connectivity index (χ1) is 19.6. The van der Waals surface area contributed by atoms with Gasteiger partial charge < -0.3 is 14.2 Å². The normalized spacial score (nSPS) is 14.0. The lowest BCUT2D eigenvalue weighted by Crippen LogP contribution is -2.22. The Hall–Kier alpha value is -4.32. The Balaban J connectivity index is 1.38. The summed E-state index contributed by atoms with van der Waals surface area (Å²) in [5, 5.41) is 0.438. The van der Waals surface area contributed by atoms with Crippen LogP contribution in [0.4, 0.5) is 18.9 Å². The number of halogens is 3. The van der Waals surface area contributed by atoms with Gasteiger partial charge in [-0.1, -0.05) is 19.3 Å². The molecule has 41 heavy (non-hydrogen) atoms. The van der Waals surface area contributed by atoms with Crippen LogP contribution in [0.15, 0.2) is 65.7 Å². The topological polar surface area (TPSA) is 104 Å². The summed E-state index contributed by atoms with van der Waals surface area (Å²) in [5.74, 6) is -3.12. The van der Waals surface area contributed by atoms with Gasteiger partial charge in [0.2, 0.25) is 0 Å². The van der Waals surface area contributed by atoms with E-state index >= 15 is 0 Å². The lowest BCUT2D eigenvalue weighted by Gasteiger charge is -2.20. The van der Waals surface area contributed by atoms with E-state index in [0.29, 0.717) is 23.0 Å². The van der Waals surface area contributed by atoms with Gasteiger partial charge in [-0.05, 0) is 55.3 Å². The number of anilines is 1. The van der Waals surface area contributed by atoms with Gasteiger partial charge in [0.1, 0.15) is 22.3 Å². The molecule has 12 heteroatoms. The van der Waals surface area contributed by atoms with Crippen molar-refractivity contribution in [2.45, 2.75) is 37.0 Å². The van der Waals surface area contributed by atoms with Gasteiger partial charge in [0.25, 0.3) is 10.0 Å². The summed E-state index contributed by atoms with van der Waals surface area (Å²) in [4.78, 5) is 16.1. The Kier molecular flexibility index (Phi) is 8.02. The third-order valence-corrected chi connectivity index (χ3v) is 8.12. The minimum Gasteiger partial charge on any atom is -0.493 e. The van der Waals surface area contributed by atoms with E-state index in [1.807, 2.05) is 4.72 Å². The predicted octanol–water partition coefficient (Wildman–Crippen LogP) is 6.74. The Labute approximate surface area is 234 Å². The number of pyridine rings is 1. The van der Waals surface area contributed by atoms with Crippen LogP contribution in [0, 0.1) is 23.4 Å². The molecule has 0 amide bonds. The fourth-order valence-corrected chi connectivity index (χ4v) is 5.79. The molecule has 0 radical (unpaired) electrons. The highest BCUT2D eigenvalue weighted by molar-refractivity contribution is 7.92. The maximum atomic E-state index is 15.0. The summed E-state index contributed by atoms with van der Waals surface area (Å²) in [5.41, 5.74) is 0.167. The number of ether oxygens (including phenoxy) is 3. The summed E-state index contributed by atoms with van der Waals surface area (Å²) in [6, 6.07) is 9.82. The van der Waals surface area contributed by atoms with Crippen LogP contribution in [0.1, 0.15) is 32.1 Å². The molecule has 0 unspecified atom stereocenters. The van der Waals surface area contributed by atoms with Crippen LogP contribution < -0.4 is 18.9 Å². The lowest BCUT2D eigenvalue weighted by molar-refractivity contribution is -0.140. The van der Waals surface area contributed by atoms with Crippen molar-refractivity contribution in [1.82, 2.24) is 4.98 Å². The Morgan fingerprint density at radius 2 is 1.66 bits per heavy atom. The molecule has 3 aromatic carbocycles. The molecule has 0 bridgehead atoms. The van der Waals surface area contributed by atoms with Crippen molar-refractivity contribution in [1.29, 1.82) is 0 Å². The van der Waals surface area contributed by atoms with Gasteiger partial charge in [-0.2, -0.15) is 0 Å². The average molecular weight is 587 g/mol. The number of hydrogen-bond donors (Lipinski definition) is 1. The highest BCUT2D eigenvalue weighted by Gasteiger charge is 2.25. The predicted molar refractivity (Wildman–Crippen MR) is 144 cm³/mol. The van der Waals surface area contributed by atoms with E-state index in [-0.39, 0.29) is 40.6 Å². The molecule has 1 N–H and O–H groups in total. The van der Waals surface area contributed by atoms with Gasteiger partial charge in [0.15, 0.2) is 23.1 Å². The number of sulfonamides is 1. The van der Waals surface area contributed by atoms with Crippen molar-refractivity contribution in [3.05, 3.63) is 78.2 Å². The smallest absolute Gasteiger partial charge is 0.314 e. The molecule has 1 heterocycles. The number of rotatable bonds is 8. The number of carbonyl (C=O) groups is 1. The molecule has 0 spiro atoms. The van der Waals surface area contributed by atoms with Crippen LogP contribution in [-0.4, -0.2) is 26.5 Å². The van der Waals surface area contributed by atoms with Crippen LogP contribution >= 0.6 is 0 Å². The number of aromatic nitrogens is 1. The van der Waals surface area contributed by atoms with Crippen molar-refractivity contribution >= 4 is 32.6 Å². The molecule has 0 atom stereocenters. The van der Waals surface area contributed by atoms with Crippen LogP contribution in [0.25, 0.3) is 10.9 Å². The van der Waals surface area contributed by atoms with Gasteiger partial charge in [0, 0.05) is 23.7 Å². The standard InChI is InChI=1S/C29H25F3N2O6S/c1-38-26-15-20-23(16-27(26)40-29(35)17-5-3-2-4-6-17)33-12-11-24(20)39-25-10-8-19(14-22(25)32)34-41(36,37)28-13-18(30)7-9-21(28)31/h7-17,34H,2-6H2,1H3. The summed E-state index contributed by atoms with van der Waals surface area (Å²) in [7, 11) is -3.12. The number of carbonyl (C=O) groups excluding carboxylic acids is 1. The second-order valence-electron chi connectivity index (χ2n) is 9.51. The largest absolute Gasteiger partial charge is 0.493 e. The van der Waals surface area contributed by atoms with Gasteiger partial charge >= 0.3 is 5.97 Å². The number of esters is 1. The highest BCUT2D eigenvalue weighted by atomic mass is 32.2. The quantitative estimate of drug-likeness (QED) is 0.180. The minimum absolute atomic E-state index is 0.171. The summed E-state index contributed by atoms with van der Waals surface area (Å²) >= 11 is 0. The second-order valence-corrected chi connectivity index (χ2v) is 11.2. The number of hydrogen-bond acceptors (Lipinski definition) is 7. The number of nitrogens with zero attached hydrogens (tertiary/aromatic N) is 1. The molecular weight excluding hydrogens is 561 g/mol. The van der Waals surface area contributed by atoms with Crippen molar-refractivity contribution in [2.24, 2.45) is 5.92 Å². The summed E-state index contributed by atoms with van der Waals surface area (Å²) < 4.78 is 86.4. The third-order valence-electron chi connectivity index (χ3n) is 6.72. The average Bonchev–Trinajstić information content (AvgIpc) is 2.95. The van der Waals surface area contributed by atoms with Gasteiger partial charge in [-0.15, -0.1) is 0 Å². The molecule has 8 nitrogen and oxygen atoms in total. The van der Waals surface area contributed by atoms with Crippen molar-refractivity contribution in [3.63, 3.8) is 0 Å². The van der Waals surface area contributed by atoms with Crippen molar-refractivity contribution in [2.75, 3.05) is 11.8 Å². The molecule has 1 fully saturated rings. The van der Waals surface area contributed by atoms with Gasteiger partial charge in [-0.25, -0.2) is 21.6 Å². The zero-order valence-corrected chi connectivity index (χ0v) is 22.6. The molecule has 214 valence electrons. The van der Waals surface area contributed by atoms with Crippen LogP contribution in [-0.2, 0) is 14.8 Å². The van der Waals surface area contributed by atoms with E-state index in [4.69, 9.17) is 14.2 Å². The zero-order chi connectivity index (χ0) is 29.1. The van der Waals surface area contributed by atoms with Crippen LogP contribution in [0.3, 0.4) is 0 Å². The van der Waals surface area contributed by atoms with Crippen molar-refractivity contribution in [3.8, 4) is 23.0 Å². The van der Waals surface area contributed by atoms with Gasteiger partial charge in [0.05, 0.1) is 24.2 Å². The molecule has 0 saturated heterocycles. The Morgan fingerprint density at radius 1 is 0.878 bits per heavy atom. The number of benzene rings is 3. The molecule has 1 aliphatic carbocycles. The minimum atomic E-state index is -4.54.